The van der Waals surface area contributed by atoms with Gasteiger partial charge in [0.15, 0.2) is 0 Å². The highest BCUT2D eigenvalue weighted by molar-refractivity contribution is 6.05. The molecule has 1 heterocycles. The van der Waals surface area contributed by atoms with Crippen LogP contribution in [0.2, 0.25) is 0 Å². The van der Waals surface area contributed by atoms with Crippen LogP contribution in [0.1, 0.15) is 15.9 Å². The average molecular weight is 241 g/mol. The Balaban J connectivity index is 2.25. The Morgan fingerprint density at radius 1 is 1.39 bits per heavy atom. The van der Waals surface area contributed by atoms with Gasteiger partial charge in [-0.2, -0.15) is 5.26 Å². The van der Waals surface area contributed by atoms with E-state index in [1.807, 2.05) is 6.07 Å². The number of hydrogen-bond acceptors (Lipinski definition) is 3. The number of aromatic nitrogens is 1. The summed E-state index contributed by atoms with van der Waals surface area (Å²) in [4.78, 5) is 15.7. The summed E-state index contributed by atoms with van der Waals surface area (Å²) in [5.74, 6) is -0.940. The lowest BCUT2D eigenvalue weighted by atomic mass is 10.1. The molecule has 0 aliphatic carbocycles. The molecule has 0 spiro atoms. The molecule has 1 amide bonds. The van der Waals surface area contributed by atoms with Gasteiger partial charge in [-0.3, -0.25) is 9.78 Å². The van der Waals surface area contributed by atoms with Gasteiger partial charge in [-0.05, 0) is 24.3 Å². The van der Waals surface area contributed by atoms with Crippen molar-refractivity contribution in [3.63, 3.8) is 0 Å². The van der Waals surface area contributed by atoms with Gasteiger partial charge in [0.05, 0.1) is 11.1 Å². The molecule has 0 aliphatic rings. The lowest BCUT2D eigenvalue weighted by Crippen LogP contribution is -2.13. The molecule has 0 saturated carbocycles. The molecule has 0 radical (unpaired) electrons. The second-order valence-electron chi connectivity index (χ2n) is 3.50. The predicted octanol–water partition coefficient (Wildman–Crippen LogP) is 2.34. The summed E-state index contributed by atoms with van der Waals surface area (Å²) in [5, 5.41) is 11.4. The summed E-state index contributed by atoms with van der Waals surface area (Å²) in [6.07, 6.45) is 2.73. The molecule has 88 valence electrons. The van der Waals surface area contributed by atoms with E-state index in [0.29, 0.717) is 5.69 Å². The van der Waals surface area contributed by atoms with Crippen LogP contribution >= 0.6 is 0 Å². The van der Waals surface area contributed by atoms with Crippen LogP contribution < -0.4 is 5.32 Å². The Hall–Kier alpha value is -2.74. The van der Waals surface area contributed by atoms with Gasteiger partial charge in [0.2, 0.25) is 0 Å². The van der Waals surface area contributed by atoms with E-state index in [2.05, 4.69) is 10.3 Å². The molecule has 4 nitrogen and oxygen atoms in total. The third kappa shape index (κ3) is 2.50. The Bertz CT molecular complexity index is 634. The topological polar surface area (TPSA) is 65.8 Å². The molecular formula is C13H8FN3O. The number of amides is 1. The standard InChI is InChI=1S/C13H8FN3O/c14-10-2-1-3-11(6-10)17-13(18)12-8-16-5-4-9(12)7-15/h1-6,8H,(H,17,18). The van der Waals surface area contributed by atoms with E-state index in [1.54, 1.807) is 6.07 Å². The van der Waals surface area contributed by atoms with Crippen LogP contribution in [-0.2, 0) is 0 Å². The SMILES string of the molecule is N#Cc1ccncc1C(=O)Nc1cccc(F)c1. The summed E-state index contributed by atoms with van der Waals surface area (Å²) < 4.78 is 12.9. The number of halogens is 1. The van der Waals surface area contributed by atoms with E-state index in [1.165, 1.54) is 36.7 Å². The first kappa shape index (κ1) is 11.7. The van der Waals surface area contributed by atoms with Gasteiger partial charge in [0.25, 0.3) is 5.91 Å². The normalized spacial score (nSPS) is 9.56. The third-order valence-electron chi connectivity index (χ3n) is 2.27. The zero-order valence-electron chi connectivity index (χ0n) is 9.22. The number of nitrogens with one attached hydrogen (secondary N) is 1. The molecule has 0 aliphatic heterocycles. The number of carbonyl (C=O) groups excluding carboxylic acids is 1. The minimum absolute atomic E-state index is 0.157. The number of benzene rings is 1. The highest BCUT2D eigenvalue weighted by Gasteiger charge is 2.11. The third-order valence-corrected chi connectivity index (χ3v) is 2.27. The Kier molecular flexibility index (Phi) is 3.30. The molecule has 1 aromatic carbocycles. The monoisotopic (exact) mass is 241 g/mol. The van der Waals surface area contributed by atoms with Gasteiger partial charge in [-0.15, -0.1) is 0 Å². The van der Waals surface area contributed by atoms with E-state index in [4.69, 9.17) is 5.26 Å². The average Bonchev–Trinajstić information content (AvgIpc) is 2.38. The highest BCUT2D eigenvalue weighted by atomic mass is 19.1. The van der Waals surface area contributed by atoms with Crippen molar-refractivity contribution in [3.8, 4) is 6.07 Å². The fourth-order valence-electron chi connectivity index (χ4n) is 1.44. The minimum atomic E-state index is -0.495. The van der Waals surface area contributed by atoms with Gasteiger partial charge < -0.3 is 5.32 Å². The molecule has 1 N–H and O–H groups in total. The van der Waals surface area contributed by atoms with Gasteiger partial charge in [0.1, 0.15) is 11.9 Å². The minimum Gasteiger partial charge on any atom is -0.322 e. The largest absolute Gasteiger partial charge is 0.322 e. The van der Waals surface area contributed by atoms with E-state index in [0.717, 1.165) is 0 Å². The number of carbonyl (C=O) groups is 1. The summed E-state index contributed by atoms with van der Waals surface area (Å²) in [6, 6.07) is 8.86. The molecule has 0 atom stereocenters. The number of nitrogens with zero attached hydrogens (tertiary/aromatic N) is 2. The van der Waals surface area contributed by atoms with Crippen molar-refractivity contribution in [1.29, 1.82) is 5.26 Å². The predicted molar refractivity (Wildman–Crippen MR) is 63.3 cm³/mol. The van der Waals surface area contributed by atoms with Gasteiger partial charge in [-0.1, -0.05) is 6.07 Å². The van der Waals surface area contributed by atoms with Crippen molar-refractivity contribution >= 4 is 11.6 Å². The lowest BCUT2D eigenvalue weighted by molar-refractivity contribution is 0.102. The van der Waals surface area contributed by atoms with Crippen molar-refractivity contribution in [3.05, 3.63) is 59.7 Å². The van der Waals surface area contributed by atoms with Crippen LogP contribution in [0.3, 0.4) is 0 Å². The highest BCUT2D eigenvalue weighted by Crippen LogP contribution is 2.12. The smallest absolute Gasteiger partial charge is 0.258 e. The van der Waals surface area contributed by atoms with E-state index >= 15 is 0 Å². The van der Waals surface area contributed by atoms with Crippen LogP contribution in [0.5, 0.6) is 0 Å². The first-order chi connectivity index (χ1) is 8.70. The maximum Gasteiger partial charge on any atom is 0.258 e. The second-order valence-corrected chi connectivity index (χ2v) is 3.50. The van der Waals surface area contributed by atoms with E-state index < -0.39 is 11.7 Å². The molecule has 1 aromatic heterocycles. The van der Waals surface area contributed by atoms with Crippen molar-refractivity contribution in [2.45, 2.75) is 0 Å². The maximum absolute atomic E-state index is 12.9. The number of rotatable bonds is 2. The summed E-state index contributed by atoms with van der Waals surface area (Å²) in [6.45, 7) is 0. The van der Waals surface area contributed by atoms with Crippen LogP contribution in [-0.4, -0.2) is 10.9 Å². The molecule has 5 heteroatoms. The number of nitriles is 1. The summed E-state index contributed by atoms with van der Waals surface area (Å²) >= 11 is 0. The molecule has 18 heavy (non-hydrogen) atoms. The molecule has 2 aromatic rings. The summed E-state index contributed by atoms with van der Waals surface area (Å²) in [5.41, 5.74) is 0.705. The van der Waals surface area contributed by atoms with Crippen molar-refractivity contribution in [1.82, 2.24) is 4.98 Å². The Labute approximate surface area is 103 Å². The lowest BCUT2D eigenvalue weighted by Gasteiger charge is -2.05. The molecular weight excluding hydrogens is 233 g/mol. The molecule has 0 saturated heterocycles. The van der Waals surface area contributed by atoms with Crippen LogP contribution in [0.15, 0.2) is 42.7 Å². The van der Waals surface area contributed by atoms with Gasteiger partial charge in [0, 0.05) is 18.1 Å². The Morgan fingerprint density at radius 3 is 2.94 bits per heavy atom. The maximum atomic E-state index is 12.9. The molecule has 0 fully saturated rings. The quantitative estimate of drug-likeness (QED) is 0.877. The van der Waals surface area contributed by atoms with Crippen LogP contribution in [0.4, 0.5) is 10.1 Å². The Morgan fingerprint density at radius 2 is 2.22 bits per heavy atom. The first-order valence-electron chi connectivity index (χ1n) is 5.12. The van der Waals surface area contributed by atoms with Crippen LogP contribution in [0, 0.1) is 17.1 Å². The van der Waals surface area contributed by atoms with Crippen molar-refractivity contribution < 1.29 is 9.18 Å². The number of hydrogen-bond donors (Lipinski definition) is 1. The van der Waals surface area contributed by atoms with Crippen LogP contribution in [0.25, 0.3) is 0 Å². The summed E-state index contributed by atoms with van der Waals surface area (Å²) in [7, 11) is 0. The molecule has 2 rings (SSSR count). The second kappa shape index (κ2) is 5.06. The van der Waals surface area contributed by atoms with E-state index in [9.17, 15) is 9.18 Å². The van der Waals surface area contributed by atoms with Gasteiger partial charge >= 0.3 is 0 Å². The van der Waals surface area contributed by atoms with E-state index in [-0.39, 0.29) is 11.1 Å². The molecule has 0 bridgehead atoms. The molecule has 0 unspecified atom stereocenters. The van der Waals surface area contributed by atoms with Crippen molar-refractivity contribution in [2.75, 3.05) is 5.32 Å². The fourth-order valence-corrected chi connectivity index (χ4v) is 1.44. The van der Waals surface area contributed by atoms with Gasteiger partial charge in [-0.25, -0.2) is 4.39 Å². The zero-order valence-corrected chi connectivity index (χ0v) is 9.22. The number of pyridine rings is 1. The first-order valence-corrected chi connectivity index (χ1v) is 5.12. The number of anilines is 1. The fraction of sp³-hybridized carbons (Fsp3) is 0. The van der Waals surface area contributed by atoms with Crippen molar-refractivity contribution in [2.24, 2.45) is 0 Å². The zero-order chi connectivity index (χ0) is 13.0.